The second kappa shape index (κ2) is 6.83. The molecular weight excluding hydrogens is 280 g/mol. The van der Waals surface area contributed by atoms with Gasteiger partial charge in [-0.25, -0.2) is 0 Å². The Morgan fingerprint density at radius 1 is 1.42 bits per heavy atom. The molecule has 4 nitrogen and oxygen atoms in total. The summed E-state index contributed by atoms with van der Waals surface area (Å²) in [6, 6.07) is 0. The fourth-order valence-corrected chi connectivity index (χ4v) is 2.20. The van der Waals surface area contributed by atoms with E-state index in [9.17, 15) is 6.80 Å². The second-order valence-electron chi connectivity index (χ2n) is 2.17. The van der Waals surface area contributed by atoms with Crippen LogP contribution in [-0.2, 0) is 36.9 Å². The van der Waals surface area contributed by atoms with Gasteiger partial charge in [-0.15, -0.1) is 0 Å². The van der Waals surface area contributed by atoms with Gasteiger partial charge in [0.05, 0.1) is 0 Å². The van der Waals surface area contributed by atoms with E-state index in [1.54, 1.807) is 3.46 Å². The summed E-state index contributed by atoms with van der Waals surface area (Å²) >= 11 is 5.11. The van der Waals surface area contributed by atoms with Crippen molar-refractivity contribution in [1.82, 2.24) is 3.46 Å². The molecule has 7 heteroatoms. The van der Waals surface area contributed by atoms with Gasteiger partial charge in [-0.3, -0.25) is 0 Å². The van der Waals surface area contributed by atoms with Crippen LogP contribution in [0, 0.1) is 0 Å². The zero-order valence-corrected chi connectivity index (χ0v) is 10.0. The Bertz CT molecular complexity index is 201. The molecule has 1 saturated heterocycles. The van der Waals surface area contributed by atoms with Crippen LogP contribution in [0.2, 0.25) is 0 Å². The van der Waals surface area contributed by atoms with Crippen molar-refractivity contribution in [2.45, 2.75) is 12.8 Å². The van der Waals surface area contributed by atoms with Gasteiger partial charge in [-0.2, -0.15) is 0 Å². The summed E-state index contributed by atoms with van der Waals surface area (Å²) in [7, 11) is 0. The quantitative estimate of drug-likeness (QED) is 0.419. The molecule has 0 aromatic carbocycles. The fraction of sp³-hybridized carbons (Fsp3) is 0.800. The van der Waals surface area contributed by atoms with Crippen LogP contribution in [0.4, 0.5) is 0 Å². The fourth-order valence-electron chi connectivity index (χ4n) is 0.837. The summed E-state index contributed by atoms with van der Waals surface area (Å²) in [5.74, 6) is 0. The van der Waals surface area contributed by atoms with Gasteiger partial charge in [-0.1, -0.05) is 4.32 Å². The third kappa shape index (κ3) is 7.03. The predicted molar refractivity (Wildman–Crippen MR) is 46.3 cm³/mol. The minimum atomic E-state index is -3.15. The molecule has 1 aliphatic heterocycles. The number of hydrogen-bond donors (Lipinski definition) is 1. The summed E-state index contributed by atoms with van der Waals surface area (Å²) in [5.41, 5.74) is 4.66. The van der Waals surface area contributed by atoms with Gasteiger partial charge < -0.3 is 30.6 Å². The molecule has 70 valence electrons. The first kappa shape index (κ1) is 12.4. The molecule has 1 aliphatic rings. The summed E-state index contributed by atoms with van der Waals surface area (Å²) in [4.78, 5) is 0. The molecule has 0 spiro atoms. The third-order valence-corrected chi connectivity index (χ3v) is 3.21. The van der Waals surface area contributed by atoms with Crippen molar-refractivity contribution in [2.24, 2.45) is 5.73 Å². The van der Waals surface area contributed by atoms with Crippen molar-refractivity contribution in [1.29, 1.82) is 0 Å². The van der Waals surface area contributed by atoms with E-state index in [2.05, 4.69) is 30.6 Å². The van der Waals surface area contributed by atoms with Crippen LogP contribution >= 0.6 is 12.2 Å². The molecule has 12 heavy (non-hydrogen) atoms. The maximum atomic E-state index is 10.3. The Morgan fingerprint density at radius 2 is 1.75 bits per heavy atom. The average molecular weight is 290 g/mol. The van der Waals surface area contributed by atoms with E-state index >= 15 is 0 Å². The minimum absolute atomic E-state index is 0.0833. The van der Waals surface area contributed by atoms with Crippen LogP contribution in [-0.4, -0.2) is 20.9 Å². The molecule has 0 unspecified atom stereocenters. The summed E-state index contributed by atoms with van der Waals surface area (Å²) in [6.07, 6.45) is 2.11. The summed E-state index contributed by atoms with van der Waals surface area (Å²) < 4.78 is 22.2. The summed E-state index contributed by atoms with van der Waals surface area (Å²) in [5, 5.41) is 0. The van der Waals surface area contributed by atoms with E-state index in [0.717, 1.165) is 25.9 Å². The van der Waals surface area contributed by atoms with E-state index in [0.29, 0.717) is 0 Å². The molecule has 1 heterocycles. The Hall–Kier alpha value is 0.358. The van der Waals surface area contributed by atoms with Crippen LogP contribution in [0.5, 0.6) is 0 Å². The molecule has 2 N–H and O–H groups in total. The molecule has 0 atom stereocenters. The monoisotopic (exact) mass is 292 g/mol. The van der Waals surface area contributed by atoms with Gasteiger partial charge in [0, 0.05) is 0 Å². The van der Waals surface area contributed by atoms with Crippen molar-refractivity contribution in [2.75, 3.05) is 13.1 Å². The molecule has 0 aliphatic carbocycles. The summed E-state index contributed by atoms with van der Waals surface area (Å²) in [6.45, 7) is 1.56. The Kier molecular flexibility index (Phi) is 7.03. The van der Waals surface area contributed by atoms with Crippen molar-refractivity contribution < 1.29 is 24.3 Å². The second-order valence-corrected chi connectivity index (χ2v) is 5.65. The van der Waals surface area contributed by atoms with Gasteiger partial charge >= 0.3 is 53.7 Å². The molecule has 0 saturated carbocycles. The Labute approximate surface area is 88.4 Å². The third-order valence-electron chi connectivity index (χ3n) is 1.28. The number of hydrogen-bond acceptors (Lipinski definition) is 4. The predicted octanol–water partition coefficient (Wildman–Crippen LogP) is 0.0833. The first-order valence-corrected chi connectivity index (χ1v) is 6.70. The zero-order valence-electron chi connectivity index (χ0n) is 6.39. The van der Waals surface area contributed by atoms with Crippen LogP contribution in [0.3, 0.4) is 0 Å². The van der Waals surface area contributed by atoms with Gasteiger partial charge in [0.2, 0.25) is 0 Å². The molecule has 0 amide bonds. The van der Waals surface area contributed by atoms with Crippen molar-refractivity contribution in [3.05, 3.63) is 0 Å². The Balaban J connectivity index is 0.000000261. The van der Waals surface area contributed by atoms with Crippen LogP contribution in [0.25, 0.3) is 0 Å². The zero-order chi connectivity index (χ0) is 9.56. The maximum absolute atomic E-state index is 10.3. The van der Waals surface area contributed by atoms with Crippen LogP contribution in [0.15, 0.2) is 0 Å². The van der Waals surface area contributed by atoms with Gasteiger partial charge in [0.15, 0.2) is 0 Å². The molecule has 0 aromatic rings. The van der Waals surface area contributed by atoms with E-state index in [1.807, 2.05) is 0 Å². The van der Waals surface area contributed by atoms with E-state index < -0.39 is 17.5 Å². The standard InChI is InChI=1S/C4H8N.CH3NS2.Mo.2O/c1-2-4-5-3-1;2-1(3)4;;;/h1-4H2;(H3,2,3,4);;;/q-1;;+2;;/p-1. The SMILES string of the molecule is NC(=S)[S-].[O]=[Mo+](=[O])[N]1CCCC1. The normalized spacial score (nSPS) is 16.3. The van der Waals surface area contributed by atoms with Crippen LogP contribution in [0.1, 0.15) is 12.8 Å². The van der Waals surface area contributed by atoms with Gasteiger partial charge in [0.1, 0.15) is 0 Å². The molecular formula is C5H10MoN2O2S2. The molecule has 1 rings (SSSR count). The van der Waals surface area contributed by atoms with Crippen molar-refractivity contribution in [3.63, 3.8) is 0 Å². The first-order valence-electron chi connectivity index (χ1n) is 3.35. The van der Waals surface area contributed by atoms with Crippen molar-refractivity contribution in [3.8, 4) is 0 Å². The van der Waals surface area contributed by atoms with Gasteiger partial charge in [0.25, 0.3) is 0 Å². The topological polar surface area (TPSA) is 63.4 Å². The molecule has 0 aromatic heterocycles. The number of rotatable bonds is 1. The van der Waals surface area contributed by atoms with E-state index in [-0.39, 0.29) is 4.32 Å². The number of nitrogens with two attached hydrogens (primary N) is 1. The van der Waals surface area contributed by atoms with E-state index in [1.165, 1.54) is 0 Å². The first-order chi connectivity index (χ1) is 5.54. The molecule has 1 fully saturated rings. The average Bonchev–Trinajstić information content (AvgIpc) is 2.34. The number of nitrogens with zero attached hydrogens (tertiary/aromatic N) is 1. The Morgan fingerprint density at radius 3 is 1.92 bits per heavy atom. The molecule has 0 bridgehead atoms. The van der Waals surface area contributed by atoms with Crippen molar-refractivity contribution >= 4 is 29.2 Å². The van der Waals surface area contributed by atoms with E-state index in [4.69, 9.17) is 0 Å². The van der Waals surface area contributed by atoms with Gasteiger partial charge in [-0.05, 0) is 0 Å². The number of thiocarbonyl (C=S) groups is 1. The molecule has 0 radical (unpaired) electrons. The van der Waals surface area contributed by atoms with Crippen LogP contribution < -0.4 is 5.73 Å².